The molecule has 1 aromatic heterocycles. The number of amides is 1. The zero-order valence-corrected chi connectivity index (χ0v) is 13.6. The van der Waals surface area contributed by atoms with Crippen molar-refractivity contribution in [2.24, 2.45) is 0 Å². The molecule has 0 atom stereocenters. The van der Waals surface area contributed by atoms with Crippen LogP contribution in [-0.2, 0) is 0 Å². The molecule has 3 rings (SSSR count). The number of nitrogens with zero attached hydrogens (tertiary/aromatic N) is 3. The van der Waals surface area contributed by atoms with E-state index in [1.165, 1.54) is 12.4 Å². The SMILES string of the molecule is CN(C)CCNC(=O)c1cnc(Nc2ccc3c(c2)OCO3)nc1. The Balaban J connectivity index is 1.59. The Morgan fingerprint density at radius 3 is 2.71 bits per heavy atom. The number of ether oxygens (including phenoxy) is 2. The maximum Gasteiger partial charge on any atom is 0.254 e. The van der Waals surface area contributed by atoms with Crippen LogP contribution in [0.4, 0.5) is 11.6 Å². The first kappa shape index (κ1) is 16.0. The van der Waals surface area contributed by atoms with Gasteiger partial charge in [0.2, 0.25) is 12.7 Å². The number of aromatic nitrogens is 2. The van der Waals surface area contributed by atoms with E-state index in [2.05, 4.69) is 20.6 Å². The average Bonchev–Trinajstić information content (AvgIpc) is 3.03. The maximum atomic E-state index is 12.0. The van der Waals surface area contributed by atoms with Crippen LogP contribution < -0.4 is 20.1 Å². The number of fused-ring (bicyclic) bond motifs is 1. The molecule has 2 heterocycles. The summed E-state index contributed by atoms with van der Waals surface area (Å²) in [6.45, 7) is 1.58. The van der Waals surface area contributed by atoms with Crippen LogP contribution in [0.1, 0.15) is 10.4 Å². The van der Waals surface area contributed by atoms with Crippen molar-refractivity contribution in [2.45, 2.75) is 0 Å². The standard InChI is InChI=1S/C16H19N5O3/c1-21(2)6-5-17-15(22)11-8-18-16(19-9-11)20-12-3-4-13-14(7-12)24-10-23-13/h3-4,7-9H,5-6,10H2,1-2H3,(H,17,22)(H,18,19,20). The van der Waals surface area contributed by atoms with Crippen LogP contribution in [0, 0.1) is 0 Å². The fraction of sp³-hybridized carbons (Fsp3) is 0.312. The highest BCUT2D eigenvalue weighted by Crippen LogP contribution is 2.34. The molecule has 1 aromatic carbocycles. The predicted molar refractivity (Wildman–Crippen MR) is 88.8 cm³/mol. The maximum absolute atomic E-state index is 12.0. The lowest BCUT2D eigenvalue weighted by Gasteiger charge is -2.10. The van der Waals surface area contributed by atoms with Gasteiger partial charge in [0.15, 0.2) is 11.5 Å². The Labute approximate surface area is 139 Å². The van der Waals surface area contributed by atoms with Gasteiger partial charge in [-0.3, -0.25) is 4.79 Å². The van der Waals surface area contributed by atoms with E-state index in [1.807, 2.05) is 37.2 Å². The molecule has 24 heavy (non-hydrogen) atoms. The van der Waals surface area contributed by atoms with Gasteiger partial charge in [0, 0.05) is 37.2 Å². The first-order valence-electron chi connectivity index (χ1n) is 7.53. The van der Waals surface area contributed by atoms with Crippen molar-refractivity contribution in [3.05, 3.63) is 36.2 Å². The van der Waals surface area contributed by atoms with Crippen LogP contribution in [0.25, 0.3) is 0 Å². The van der Waals surface area contributed by atoms with E-state index >= 15 is 0 Å². The van der Waals surface area contributed by atoms with Crippen molar-refractivity contribution in [2.75, 3.05) is 39.3 Å². The van der Waals surface area contributed by atoms with Gasteiger partial charge in [-0.2, -0.15) is 0 Å². The van der Waals surface area contributed by atoms with Gasteiger partial charge in [0.1, 0.15) is 0 Å². The molecule has 0 fully saturated rings. The molecule has 0 saturated heterocycles. The van der Waals surface area contributed by atoms with Crippen LogP contribution in [0.15, 0.2) is 30.6 Å². The van der Waals surface area contributed by atoms with Gasteiger partial charge in [0.05, 0.1) is 5.56 Å². The van der Waals surface area contributed by atoms with Crippen LogP contribution in [0.3, 0.4) is 0 Å². The van der Waals surface area contributed by atoms with Crippen molar-refractivity contribution in [3.63, 3.8) is 0 Å². The summed E-state index contributed by atoms with van der Waals surface area (Å²) in [5.41, 5.74) is 1.20. The molecule has 8 heteroatoms. The second kappa shape index (κ2) is 7.14. The lowest BCUT2D eigenvalue weighted by Crippen LogP contribution is -2.31. The quantitative estimate of drug-likeness (QED) is 0.824. The number of carbonyl (C=O) groups excluding carboxylic acids is 1. The van der Waals surface area contributed by atoms with E-state index in [-0.39, 0.29) is 12.7 Å². The zero-order chi connectivity index (χ0) is 16.9. The Kier molecular flexibility index (Phi) is 4.76. The third-order valence-corrected chi connectivity index (χ3v) is 3.39. The van der Waals surface area contributed by atoms with Crippen LogP contribution in [-0.4, -0.2) is 54.8 Å². The summed E-state index contributed by atoms with van der Waals surface area (Å²) in [6.07, 6.45) is 2.99. The molecule has 1 amide bonds. The van der Waals surface area contributed by atoms with Gasteiger partial charge in [-0.25, -0.2) is 9.97 Å². The molecule has 0 unspecified atom stereocenters. The highest BCUT2D eigenvalue weighted by molar-refractivity contribution is 5.93. The molecule has 2 aromatic rings. The van der Waals surface area contributed by atoms with Gasteiger partial charge in [0.25, 0.3) is 5.91 Å². The van der Waals surface area contributed by atoms with Crippen molar-refractivity contribution in [1.29, 1.82) is 0 Å². The fourth-order valence-corrected chi connectivity index (χ4v) is 2.11. The molecule has 0 radical (unpaired) electrons. The number of anilines is 2. The molecule has 0 saturated carbocycles. The topological polar surface area (TPSA) is 88.6 Å². The van der Waals surface area contributed by atoms with Gasteiger partial charge < -0.3 is 25.0 Å². The largest absolute Gasteiger partial charge is 0.454 e. The van der Waals surface area contributed by atoms with Crippen molar-refractivity contribution < 1.29 is 14.3 Å². The number of likely N-dealkylation sites (N-methyl/N-ethyl adjacent to an activating group) is 1. The second-order valence-electron chi connectivity index (χ2n) is 5.55. The van der Waals surface area contributed by atoms with Gasteiger partial charge in [-0.05, 0) is 26.2 Å². The third-order valence-electron chi connectivity index (χ3n) is 3.39. The lowest BCUT2D eigenvalue weighted by molar-refractivity contribution is 0.0950. The molecule has 0 aliphatic carbocycles. The van der Waals surface area contributed by atoms with E-state index in [4.69, 9.17) is 9.47 Å². The van der Waals surface area contributed by atoms with E-state index in [1.54, 1.807) is 0 Å². The van der Waals surface area contributed by atoms with E-state index in [0.29, 0.717) is 29.6 Å². The van der Waals surface area contributed by atoms with Crippen molar-refractivity contribution >= 4 is 17.5 Å². The van der Waals surface area contributed by atoms with E-state index < -0.39 is 0 Å². The fourth-order valence-electron chi connectivity index (χ4n) is 2.11. The molecule has 1 aliphatic rings. The number of rotatable bonds is 6. The summed E-state index contributed by atoms with van der Waals surface area (Å²) in [5.74, 6) is 1.60. The summed E-state index contributed by atoms with van der Waals surface area (Å²) in [5, 5.41) is 5.88. The average molecular weight is 329 g/mol. The van der Waals surface area contributed by atoms with Crippen molar-refractivity contribution in [3.8, 4) is 11.5 Å². The predicted octanol–water partition coefficient (Wildman–Crippen LogP) is 1.24. The minimum absolute atomic E-state index is 0.188. The number of hydrogen-bond donors (Lipinski definition) is 2. The smallest absolute Gasteiger partial charge is 0.254 e. The van der Waals surface area contributed by atoms with E-state index in [9.17, 15) is 4.79 Å². The first-order chi connectivity index (χ1) is 11.6. The normalized spacial score (nSPS) is 12.3. The number of nitrogens with one attached hydrogen (secondary N) is 2. The molecule has 0 spiro atoms. The van der Waals surface area contributed by atoms with E-state index in [0.717, 1.165) is 12.2 Å². The summed E-state index contributed by atoms with van der Waals surface area (Å²) in [7, 11) is 3.90. The third kappa shape index (κ3) is 3.90. The summed E-state index contributed by atoms with van der Waals surface area (Å²) >= 11 is 0. The number of carbonyl (C=O) groups is 1. The number of benzene rings is 1. The summed E-state index contributed by atoms with van der Waals surface area (Å²) in [4.78, 5) is 22.3. The molecule has 1 aliphatic heterocycles. The Morgan fingerprint density at radius 1 is 1.21 bits per heavy atom. The first-order valence-corrected chi connectivity index (χ1v) is 7.53. The van der Waals surface area contributed by atoms with Gasteiger partial charge in [-0.1, -0.05) is 0 Å². The molecule has 2 N–H and O–H groups in total. The van der Waals surface area contributed by atoms with Crippen molar-refractivity contribution in [1.82, 2.24) is 20.2 Å². The summed E-state index contributed by atoms with van der Waals surface area (Å²) in [6, 6.07) is 5.48. The lowest BCUT2D eigenvalue weighted by atomic mass is 10.3. The van der Waals surface area contributed by atoms with Gasteiger partial charge in [-0.15, -0.1) is 0 Å². The molecule has 8 nitrogen and oxygen atoms in total. The zero-order valence-electron chi connectivity index (χ0n) is 13.6. The van der Waals surface area contributed by atoms with Crippen LogP contribution >= 0.6 is 0 Å². The van der Waals surface area contributed by atoms with Gasteiger partial charge >= 0.3 is 0 Å². The Hall–Kier alpha value is -2.87. The monoisotopic (exact) mass is 329 g/mol. The highest BCUT2D eigenvalue weighted by atomic mass is 16.7. The molecular weight excluding hydrogens is 310 g/mol. The Bertz CT molecular complexity index is 718. The van der Waals surface area contributed by atoms with Crippen LogP contribution in [0.5, 0.6) is 11.5 Å². The second-order valence-corrected chi connectivity index (χ2v) is 5.55. The number of hydrogen-bond acceptors (Lipinski definition) is 7. The molecule has 126 valence electrons. The minimum atomic E-state index is -0.188. The summed E-state index contributed by atoms with van der Waals surface area (Å²) < 4.78 is 10.6. The highest BCUT2D eigenvalue weighted by Gasteiger charge is 2.13. The Morgan fingerprint density at radius 2 is 1.96 bits per heavy atom. The minimum Gasteiger partial charge on any atom is -0.454 e. The molecule has 0 bridgehead atoms. The molecular formula is C16H19N5O3. The van der Waals surface area contributed by atoms with Crippen LogP contribution in [0.2, 0.25) is 0 Å².